The van der Waals surface area contributed by atoms with E-state index in [9.17, 15) is 0 Å². The molecule has 1 aromatic heterocycles. The van der Waals surface area contributed by atoms with Crippen LogP contribution in [0.5, 0.6) is 0 Å². The third kappa shape index (κ3) is 3.19. The summed E-state index contributed by atoms with van der Waals surface area (Å²) in [5, 5.41) is 20.7. The molecule has 0 amide bonds. The third-order valence-electron chi connectivity index (χ3n) is 4.53. The molecular weight excluding hydrogens is 254 g/mol. The van der Waals surface area contributed by atoms with Crippen molar-refractivity contribution in [1.29, 1.82) is 0 Å². The molecule has 0 aromatic carbocycles. The van der Waals surface area contributed by atoms with Gasteiger partial charge in [-0.25, -0.2) is 0 Å². The van der Waals surface area contributed by atoms with E-state index in [2.05, 4.69) is 20.5 Å². The topological polar surface area (TPSA) is 66.2 Å². The molecule has 3 heterocycles. The van der Waals surface area contributed by atoms with Crippen LogP contribution >= 0.6 is 0 Å². The highest BCUT2D eigenvalue weighted by atomic mass is 16.3. The summed E-state index contributed by atoms with van der Waals surface area (Å²) in [6.45, 7) is 4.26. The lowest BCUT2D eigenvalue weighted by Gasteiger charge is -2.32. The van der Waals surface area contributed by atoms with E-state index in [1.165, 1.54) is 38.8 Å². The second kappa shape index (κ2) is 6.65. The monoisotopic (exact) mass is 279 g/mol. The van der Waals surface area contributed by atoms with Gasteiger partial charge < -0.3 is 10.4 Å². The zero-order valence-corrected chi connectivity index (χ0v) is 12.0. The molecule has 2 aliphatic rings. The number of aromatic nitrogens is 3. The Bertz CT molecular complexity index is 421. The van der Waals surface area contributed by atoms with Crippen molar-refractivity contribution in [3.63, 3.8) is 0 Å². The maximum atomic E-state index is 8.81. The number of hydrogen-bond donors (Lipinski definition) is 2. The van der Waals surface area contributed by atoms with Crippen LogP contribution in [0.2, 0.25) is 0 Å². The number of hydrogen-bond acceptors (Lipinski definition) is 5. The Morgan fingerprint density at radius 2 is 2.25 bits per heavy atom. The molecule has 112 valence electrons. The lowest BCUT2D eigenvalue weighted by atomic mass is 9.99. The zero-order valence-electron chi connectivity index (χ0n) is 12.0. The van der Waals surface area contributed by atoms with Gasteiger partial charge >= 0.3 is 0 Å². The van der Waals surface area contributed by atoms with Crippen LogP contribution in [0.3, 0.4) is 0 Å². The van der Waals surface area contributed by atoms with Crippen molar-refractivity contribution in [3.05, 3.63) is 11.9 Å². The number of nitrogens with one attached hydrogen (secondary N) is 1. The predicted octanol–water partition coefficient (Wildman–Crippen LogP) is 0.377. The molecule has 6 nitrogen and oxygen atoms in total. The van der Waals surface area contributed by atoms with E-state index in [0.29, 0.717) is 6.04 Å². The van der Waals surface area contributed by atoms with E-state index >= 15 is 0 Å². The van der Waals surface area contributed by atoms with E-state index in [-0.39, 0.29) is 6.61 Å². The molecule has 2 atom stereocenters. The highest BCUT2D eigenvalue weighted by molar-refractivity contribution is 4.97. The Kier molecular flexibility index (Phi) is 4.65. The Morgan fingerprint density at radius 3 is 3.15 bits per heavy atom. The first-order valence-electron chi connectivity index (χ1n) is 7.84. The summed E-state index contributed by atoms with van der Waals surface area (Å²) in [5.41, 5.74) is 0.997. The third-order valence-corrected chi connectivity index (χ3v) is 4.53. The van der Waals surface area contributed by atoms with Crippen molar-refractivity contribution >= 4 is 0 Å². The molecule has 0 bridgehead atoms. The molecule has 3 rings (SSSR count). The molecule has 2 N–H and O–H groups in total. The summed E-state index contributed by atoms with van der Waals surface area (Å²) in [4.78, 5) is 2.64. The number of rotatable bonds is 6. The Morgan fingerprint density at radius 1 is 1.30 bits per heavy atom. The highest BCUT2D eigenvalue weighted by Crippen LogP contribution is 2.27. The van der Waals surface area contributed by atoms with E-state index < -0.39 is 0 Å². The minimum atomic E-state index is 0.201. The molecule has 6 heteroatoms. The zero-order chi connectivity index (χ0) is 13.8. The summed E-state index contributed by atoms with van der Waals surface area (Å²) in [5.74, 6) is 0. The van der Waals surface area contributed by atoms with Gasteiger partial charge in [-0.15, -0.1) is 5.10 Å². The normalized spacial score (nSPS) is 26.9. The average Bonchev–Trinajstić information content (AvgIpc) is 3.10. The fourth-order valence-corrected chi connectivity index (χ4v) is 3.48. The van der Waals surface area contributed by atoms with Crippen LogP contribution in [-0.4, -0.2) is 56.8 Å². The lowest BCUT2D eigenvalue weighted by Crippen LogP contribution is -2.44. The summed E-state index contributed by atoms with van der Waals surface area (Å²) in [6.07, 6.45) is 8.04. The van der Waals surface area contributed by atoms with Crippen molar-refractivity contribution in [2.24, 2.45) is 0 Å². The second-order valence-electron chi connectivity index (χ2n) is 5.93. The molecule has 2 fully saturated rings. The van der Waals surface area contributed by atoms with Crippen LogP contribution in [-0.2, 0) is 13.1 Å². The number of aliphatic hydroxyl groups excluding tert-OH is 1. The van der Waals surface area contributed by atoms with E-state index in [4.69, 9.17) is 5.11 Å². The number of fused-ring (bicyclic) bond motifs is 1. The summed E-state index contributed by atoms with van der Waals surface area (Å²) in [7, 11) is 0. The standard InChI is InChI=1S/C14H25N5O/c20-9-3-7-19-11-12(16-17-19)10-15-13-5-8-18-6-2-1-4-14(13)18/h11,13-15,20H,1-10H2. The molecule has 2 unspecified atom stereocenters. The maximum Gasteiger partial charge on any atom is 0.0964 e. The molecule has 2 saturated heterocycles. The van der Waals surface area contributed by atoms with Gasteiger partial charge in [-0.1, -0.05) is 11.6 Å². The average molecular weight is 279 g/mol. The summed E-state index contributed by atoms with van der Waals surface area (Å²) >= 11 is 0. The predicted molar refractivity (Wildman–Crippen MR) is 76.2 cm³/mol. The largest absolute Gasteiger partial charge is 0.396 e. The second-order valence-corrected chi connectivity index (χ2v) is 5.93. The first-order valence-corrected chi connectivity index (χ1v) is 7.84. The Labute approximate surface area is 120 Å². The number of piperidine rings is 1. The molecule has 20 heavy (non-hydrogen) atoms. The molecule has 0 spiro atoms. The fraction of sp³-hybridized carbons (Fsp3) is 0.857. The number of aliphatic hydroxyl groups is 1. The first kappa shape index (κ1) is 14.0. The quantitative estimate of drug-likeness (QED) is 0.788. The lowest BCUT2D eigenvalue weighted by molar-refractivity contribution is 0.180. The van der Waals surface area contributed by atoms with Crippen LogP contribution < -0.4 is 5.32 Å². The Balaban J connectivity index is 1.48. The van der Waals surface area contributed by atoms with Gasteiger partial charge in [-0.3, -0.25) is 9.58 Å². The van der Waals surface area contributed by atoms with Gasteiger partial charge in [-0.05, 0) is 32.2 Å². The van der Waals surface area contributed by atoms with E-state index in [1.807, 2.05) is 10.9 Å². The first-order chi connectivity index (χ1) is 9.86. The van der Waals surface area contributed by atoms with Crippen molar-refractivity contribution in [3.8, 4) is 0 Å². The minimum absolute atomic E-state index is 0.201. The van der Waals surface area contributed by atoms with Crippen molar-refractivity contribution < 1.29 is 5.11 Å². The van der Waals surface area contributed by atoms with Crippen LogP contribution in [0, 0.1) is 0 Å². The van der Waals surface area contributed by atoms with Gasteiger partial charge in [0.25, 0.3) is 0 Å². The number of aryl methyl sites for hydroxylation is 1. The maximum absolute atomic E-state index is 8.81. The molecule has 2 aliphatic heterocycles. The molecule has 0 radical (unpaired) electrons. The molecule has 1 aromatic rings. The Hall–Kier alpha value is -0.980. The van der Waals surface area contributed by atoms with Gasteiger partial charge in [-0.2, -0.15) is 0 Å². The minimum Gasteiger partial charge on any atom is -0.396 e. The number of nitrogens with zero attached hydrogens (tertiary/aromatic N) is 4. The SMILES string of the molecule is OCCCn1cc(CNC2CCN3CCCCC23)nn1. The fourth-order valence-electron chi connectivity index (χ4n) is 3.48. The van der Waals surface area contributed by atoms with Gasteiger partial charge in [0.2, 0.25) is 0 Å². The van der Waals surface area contributed by atoms with Gasteiger partial charge in [0, 0.05) is 44.5 Å². The van der Waals surface area contributed by atoms with Crippen LogP contribution in [0.1, 0.15) is 37.8 Å². The molecular formula is C14H25N5O. The van der Waals surface area contributed by atoms with Crippen LogP contribution in [0.4, 0.5) is 0 Å². The van der Waals surface area contributed by atoms with Crippen LogP contribution in [0.25, 0.3) is 0 Å². The summed E-state index contributed by atoms with van der Waals surface area (Å²) in [6, 6.07) is 1.34. The van der Waals surface area contributed by atoms with Gasteiger partial charge in [0.15, 0.2) is 0 Å². The van der Waals surface area contributed by atoms with Gasteiger partial charge in [0.1, 0.15) is 0 Å². The molecule has 0 saturated carbocycles. The van der Waals surface area contributed by atoms with Crippen molar-refractivity contribution in [2.75, 3.05) is 19.7 Å². The van der Waals surface area contributed by atoms with E-state index in [1.54, 1.807) is 0 Å². The van der Waals surface area contributed by atoms with Crippen molar-refractivity contribution in [2.45, 2.75) is 57.3 Å². The highest BCUT2D eigenvalue weighted by Gasteiger charge is 2.34. The summed E-state index contributed by atoms with van der Waals surface area (Å²) < 4.78 is 1.81. The van der Waals surface area contributed by atoms with Crippen molar-refractivity contribution in [1.82, 2.24) is 25.2 Å². The van der Waals surface area contributed by atoms with E-state index in [0.717, 1.165) is 31.2 Å². The molecule has 0 aliphatic carbocycles. The van der Waals surface area contributed by atoms with Gasteiger partial charge in [0.05, 0.1) is 5.69 Å². The smallest absolute Gasteiger partial charge is 0.0964 e. The van der Waals surface area contributed by atoms with Crippen LogP contribution in [0.15, 0.2) is 6.20 Å².